The van der Waals surface area contributed by atoms with Gasteiger partial charge >= 0.3 is 0 Å². The maximum Gasteiger partial charge on any atom is 0.0657 e. The van der Waals surface area contributed by atoms with Crippen LogP contribution in [0.5, 0.6) is 0 Å². The highest BCUT2D eigenvalue weighted by Gasteiger charge is 2.40. The molecule has 12 rings (SSSR count). The van der Waals surface area contributed by atoms with Gasteiger partial charge in [-0.25, -0.2) is 0 Å². The summed E-state index contributed by atoms with van der Waals surface area (Å²) in [5, 5.41) is 7.80. The van der Waals surface area contributed by atoms with Gasteiger partial charge in [-0.05, 0) is 114 Å². The molecule has 55 heavy (non-hydrogen) atoms. The molecule has 0 aromatic heterocycles. The van der Waals surface area contributed by atoms with Crippen molar-refractivity contribution in [2.24, 2.45) is 5.92 Å². The zero-order chi connectivity index (χ0) is 36.2. The summed E-state index contributed by atoms with van der Waals surface area (Å²) in [6.45, 7) is 2.38. The molecule has 2 nitrogen and oxygen atoms in total. The molecular formula is C53H38N2. The van der Waals surface area contributed by atoms with Crippen molar-refractivity contribution < 1.29 is 0 Å². The Balaban J connectivity index is 1.10. The van der Waals surface area contributed by atoms with E-state index in [1.54, 1.807) is 0 Å². The first-order chi connectivity index (χ1) is 27.2. The van der Waals surface area contributed by atoms with Gasteiger partial charge in [0.25, 0.3) is 0 Å². The van der Waals surface area contributed by atoms with Crippen molar-refractivity contribution in [1.29, 1.82) is 0 Å². The van der Waals surface area contributed by atoms with Crippen LogP contribution in [0.25, 0.3) is 60.6 Å². The van der Waals surface area contributed by atoms with Crippen LogP contribution in [-0.2, 0) is 0 Å². The highest BCUT2D eigenvalue weighted by atomic mass is 15.2. The van der Waals surface area contributed by atoms with Crippen molar-refractivity contribution in [1.82, 2.24) is 0 Å². The van der Waals surface area contributed by atoms with Gasteiger partial charge in [-0.3, -0.25) is 0 Å². The van der Waals surface area contributed by atoms with Crippen LogP contribution in [0.3, 0.4) is 0 Å². The van der Waals surface area contributed by atoms with Gasteiger partial charge in [0.1, 0.15) is 0 Å². The second-order valence-corrected chi connectivity index (χ2v) is 15.7. The normalized spacial score (nSPS) is 19.8. The van der Waals surface area contributed by atoms with E-state index in [9.17, 15) is 0 Å². The average Bonchev–Trinajstić information content (AvgIpc) is 3.76. The molecule has 1 aliphatic heterocycles. The quantitative estimate of drug-likeness (QED) is 0.168. The number of hydrogen-bond acceptors (Lipinski definition) is 2. The zero-order valence-electron chi connectivity index (χ0n) is 30.6. The number of rotatable bonds is 4. The molecule has 4 unspecified atom stereocenters. The van der Waals surface area contributed by atoms with Crippen LogP contribution in [0, 0.1) is 5.92 Å². The predicted octanol–water partition coefficient (Wildman–Crippen LogP) is 14.1. The number of benzene rings is 8. The van der Waals surface area contributed by atoms with Crippen molar-refractivity contribution in [2.45, 2.75) is 24.9 Å². The molecule has 0 bridgehead atoms. The molecule has 3 aliphatic carbocycles. The Morgan fingerprint density at radius 1 is 0.545 bits per heavy atom. The summed E-state index contributed by atoms with van der Waals surface area (Å²) in [5.74, 6) is 0.522. The smallest absolute Gasteiger partial charge is 0.0657 e. The molecule has 8 aromatic carbocycles. The van der Waals surface area contributed by atoms with Crippen molar-refractivity contribution in [3.8, 4) is 22.3 Å². The molecule has 4 atom stereocenters. The number of nitrogens with zero attached hydrogens (tertiary/aromatic N) is 2. The maximum absolute atomic E-state index is 2.69. The molecule has 0 saturated heterocycles. The minimum atomic E-state index is 0.0981. The lowest BCUT2D eigenvalue weighted by molar-refractivity contribution is 0.548. The summed E-state index contributed by atoms with van der Waals surface area (Å²) in [5.41, 5.74) is 14.4. The summed E-state index contributed by atoms with van der Waals surface area (Å²) >= 11 is 0. The fourth-order valence-electron chi connectivity index (χ4n) is 10.3. The summed E-state index contributed by atoms with van der Waals surface area (Å²) in [7, 11) is 0. The monoisotopic (exact) mass is 702 g/mol. The van der Waals surface area contributed by atoms with E-state index in [-0.39, 0.29) is 23.9 Å². The molecule has 0 amide bonds. The van der Waals surface area contributed by atoms with E-state index in [1.807, 2.05) is 0 Å². The van der Waals surface area contributed by atoms with Crippen molar-refractivity contribution in [2.75, 3.05) is 9.80 Å². The summed E-state index contributed by atoms with van der Waals surface area (Å²) in [4.78, 5) is 5.25. The molecular weight excluding hydrogens is 665 g/mol. The Morgan fingerprint density at radius 3 is 2.27 bits per heavy atom. The molecule has 0 fully saturated rings. The van der Waals surface area contributed by atoms with Gasteiger partial charge in [0.2, 0.25) is 0 Å². The molecule has 0 radical (unpaired) electrons. The van der Waals surface area contributed by atoms with Crippen molar-refractivity contribution in [3.05, 3.63) is 199 Å². The van der Waals surface area contributed by atoms with Crippen LogP contribution in [0.2, 0.25) is 0 Å². The summed E-state index contributed by atoms with van der Waals surface area (Å²) in [6.07, 6.45) is 14.0. The Morgan fingerprint density at radius 2 is 1.33 bits per heavy atom. The zero-order valence-corrected chi connectivity index (χ0v) is 30.6. The largest absolute Gasteiger partial charge is 0.333 e. The standard InChI is InChI=1S/C53H38N2/c1-33-24-25-35-13-4-7-18-42(35)53(33)55(49-23-11-21-45-51(49)44-20-10-16-38-30-37-15-5-6-17-41(37)52(45)50(38)44)40-28-29-48-46(32-40)43-19-8-9-22-47(43)54(48)39-27-26-34-12-2-3-14-36(34)31-39/h2-33,43,47,53H,1H3. The number of fused-ring (bicyclic) bond motifs is 10. The van der Waals surface area contributed by atoms with E-state index in [2.05, 4.69) is 205 Å². The Labute approximate surface area is 321 Å². The van der Waals surface area contributed by atoms with Gasteiger partial charge in [-0.1, -0.05) is 153 Å². The predicted molar refractivity (Wildman–Crippen MR) is 233 cm³/mol. The van der Waals surface area contributed by atoms with Crippen LogP contribution >= 0.6 is 0 Å². The van der Waals surface area contributed by atoms with Gasteiger partial charge in [0.05, 0.1) is 17.8 Å². The van der Waals surface area contributed by atoms with Crippen molar-refractivity contribution in [3.63, 3.8) is 0 Å². The highest BCUT2D eigenvalue weighted by molar-refractivity contribution is 6.25. The van der Waals surface area contributed by atoms with Crippen LogP contribution in [0.1, 0.15) is 35.6 Å². The molecule has 8 aromatic rings. The third kappa shape index (κ3) is 4.43. The van der Waals surface area contributed by atoms with Gasteiger partial charge in [-0.2, -0.15) is 0 Å². The van der Waals surface area contributed by atoms with Gasteiger partial charge in [0.15, 0.2) is 0 Å². The van der Waals surface area contributed by atoms with Crippen LogP contribution in [0.4, 0.5) is 22.7 Å². The molecule has 0 spiro atoms. The first kappa shape index (κ1) is 30.8. The topological polar surface area (TPSA) is 6.48 Å². The minimum absolute atomic E-state index is 0.0981. The number of allylic oxidation sites excluding steroid dienone is 2. The third-order valence-electron chi connectivity index (χ3n) is 12.7. The van der Waals surface area contributed by atoms with E-state index < -0.39 is 0 Å². The first-order valence-electron chi connectivity index (χ1n) is 19.6. The summed E-state index contributed by atoms with van der Waals surface area (Å²) < 4.78 is 0. The second-order valence-electron chi connectivity index (χ2n) is 15.7. The lowest BCUT2D eigenvalue weighted by Gasteiger charge is -2.40. The van der Waals surface area contributed by atoms with Gasteiger partial charge < -0.3 is 9.80 Å². The lowest BCUT2D eigenvalue weighted by atomic mass is 9.83. The fraction of sp³-hybridized carbons (Fsp3) is 0.0943. The van der Waals surface area contributed by atoms with Crippen LogP contribution in [0.15, 0.2) is 182 Å². The average molecular weight is 703 g/mol. The van der Waals surface area contributed by atoms with Gasteiger partial charge in [0, 0.05) is 28.5 Å². The van der Waals surface area contributed by atoms with Gasteiger partial charge in [-0.15, -0.1) is 0 Å². The molecule has 1 heterocycles. The molecule has 0 saturated carbocycles. The van der Waals surface area contributed by atoms with Crippen LogP contribution < -0.4 is 9.80 Å². The SMILES string of the molecule is CC1C=Cc2ccccc2C1N(c1ccc2c(c1)C1C=CC=CC1N2c1ccc2ccccc2c1)c1cccc2c1-c1cccc3cc4ccccc4c-2c13. The fourth-order valence-corrected chi connectivity index (χ4v) is 10.3. The maximum atomic E-state index is 2.69. The minimum Gasteiger partial charge on any atom is -0.333 e. The second kappa shape index (κ2) is 11.7. The molecule has 0 N–H and O–H groups in total. The number of hydrogen-bond donors (Lipinski definition) is 0. The highest BCUT2D eigenvalue weighted by Crippen LogP contribution is 2.57. The first-order valence-corrected chi connectivity index (χ1v) is 19.6. The summed E-state index contributed by atoms with van der Waals surface area (Å²) in [6, 6.07) is 57.4. The molecule has 4 aliphatic rings. The third-order valence-corrected chi connectivity index (χ3v) is 12.7. The van der Waals surface area contributed by atoms with Crippen molar-refractivity contribution >= 4 is 61.1 Å². The van der Waals surface area contributed by atoms with E-state index >= 15 is 0 Å². The Hall–Kier alpha value is -6.64. The van der Waals surface area contributed by atoms with E-state index in [0.29, 0.717) is 0 Å². The molecule has 260 valence electrons. The van der Waals surface area contributed by atoms with E-state index in [1.165, 1.54) is 94.0 Å². The Bertz CT molecular complexity index is 3000. The molecule has 2 heteroatoms. The lowest BCUT2D eigenvalue weighted by Crippen LogP contribution is -2.31. The van der Waals surface area contributed by atoms with E-state index in [4.69, 9.17) is 0 Å². The Kier molecular flexibility index (Phi) is 6.54. The van der Waals surface area contributed by atoms with Crippen LogP contribution in [-0.4, -0.2) is 6.04 Å². The van der Waals surface area contributed by atoms with E-state index in [0.717, 1.165) is 0 Å². The number of anilines is 4.